The third kappa shape index (κ3) is 4.15. The Bertz CT molecular complexity index is 641. The maximum atomic E-state index is 13.4. The van der Waals surface area contributed by atoms with Crippen LogP contribution < -0.4 is 5.73 Å². The van der Waals surface area contributed by atoms with Gasteiger partial charge in [-0.25, -0.2) is 4.39 Å². The second-order valence-electron chi connectivity index (χ2n) is 4.91. The first-order valence-electron chi connectivity index (χ1n) is 6.83. The van der Waals surface area contributed by atoms with Gasteiger partial charge < -0.3 is 5.73 Å². The monoisotopic (exact) mass is 302 g/mol. The Morgan fingerprint density at radius 3 is 2.86 bits per heavy atom. The van der Waals surface area contributed by atoms with Crippen LogP contribution in [0.25, 0.3) is 0 Å². The normalized spacial score (nSPS) is 12.0. The Balaban J connectivity index is 2.18. The zero-order chi connectivity index (χ0) is 15.2. The van der Waals surface area contributed by atoms with Gasteiger partial charge in [0.05, 0.1) is 6.54 Å². The number of nitrogens with two attached hydrogens (primary N) is 1. The average molecular weight is 302 g/mol. The molecule has 2 nitrogen and oxygen atoms in total. The largest absolute Gasteiger partial charge is 0.320 e. The van der Waals surface area contributed by atoms with E-state index in [1.807, 2.05) is 0 Å². The molecule has 1 heterocycles. The van der Waals surface area contributed by atoms with Gasteiger partial charge in [-0.3, -0.25) is 4.90 Å². The van der Waals surface area contributed by atoms with Gasteiger partial charge in [-0.15, -0.1) is 11.3 Å². The summed E-state index contributed by atoms with van der Waals surface area (Å²) < 4.78 is 13.4. The Hall–Kier alpha value is -1.67. The van der Waals surface area contributed by atoms with Crippen LogP contribution in [0.3, 0.4) is 0 Å². The Kier molecular flexibility index (Phi) is 5.51. The highest BCUT2D eigenvalue weighted by molar-refractivity contribution is 7.10. The maximum Gasteiger partial charge on any atom is 0.124 e. The van der Waals surface area contributed by atoms with E-state index in [1.54, 1.807) is 17.4 Å². The molecule has 0 spiro atoms. The number of rotatable bonds is 4. The SMILES string of the molecule is CC(c1cccs1)N(C)Cc1ccc(F)cc1C#CCN. The molecule has 21 heavy (non-hydrogen) atoms. The number of nitrogens with zero attached hydrogens (tertiary/aromatic N) is 1. The zero-order valence-electron chi connectivity index (χ0n) is 12.3. The van der Waals surface area contributed by atoms with Gasteiger partial charge in [0.2, 0.25) is 0 Å². The minimum Gasteiger partial charge on any atom is -0.320 e. The number of benzene rings is 1. The van der Waals surface area contributed by atoms with Gasteiger partial charge >= 0.3 is 0 Å². The summed E-state index contributed by atoms with van der Waals surface area (Å²) in [6, 6.07) is 9.25. The van der Waals surface area contributed by atoms with Crippen molar-refractivity contribution >= 4 is 11.3 Å². The third-order valence-electron chi connectivity index (χ3n) is 3.43. The average Bonchev–Trinajstić information content (AvgIpc) is 3.00. The van der Waals surface area contributed by atoms with Gasteiger partial charge in [0.1, 0.15) is 5.82 Å². The first kappa shape index (κ1) is 15.7. The van der Waals surface area contributed by atoms with Crippen LogP contribution in [0.1, 0.15) is 29.0 Å². The van der Waals surface area contributed by atoms with Gasteiger partial charge in [-0.2, -0.15) is 0 Å². The topological polar surface area (TPSA) is 29.3 Å². The highest BCUT2D eigenvalue weighted by Crippen LogP contribution is 2.25. The van der Waals surface area contributed by atoms with E-state index in [9.17, 15) is 4.39 Å². The van der Waals surface area contributed by atoms with Gasteiger partial charge in [0, 0.05) is 23.0 Å². The second-order valence-corrected chi connectivity index (χ2v) is 5.89. The van der Waals surface area contributed by atoms with Crippen LogP contribution in [0.5, 0.6) is 0 Å². The van der Waals surface area contributed by atoms with Crippen molar-refractivity contribution in [3.05, 3.63) is 57.5 Å². The molecule has 2 aromatic rings. The van der Waals surface area contributed by atoms with E-state index in [2.05, 4.69) is 48.2 Å². The van der Waals surface area contributed by atoms with Crippen LogP contribution in [0.15, 0.2) is 35.7 Å². The van der Waals surface area contributed by atoms with Crippen LogP contribution in [0, 0.1) is 17.7 Å². The summed E-state index contributed by atoms with van der Waals surface area (Å²) in [5, 5.41) is 2.08. The van der Waals surface area contributed by atoms with Crippen LogP contribution >= 0.6 is 11.3 Å². The maximum absolute atomic E-state index is 13.4. The fraction of sp³-hybridized carbons (Fsp3) is 0.294. The Labute approximate surface area is 129 Å². The molecule has 0 amide bonds. The highest BCUT2D eigenvalue weighted by Gasteiger charge is 2.14. The summed E-state index contributed by atoms with van der Waals surface area (Å²) in [5.41, 5.74) is 7.13. The van der Waals surface area contributed by atoms with Gasteiger partial charge in [0.15, 0.2) is 0 Å². The molecule has 0 fully saturated rings. The van der Waals surface area contributed by atoms with Crippen molar-refractivity contribution < 1.29 is 4.39 Å². The van der Waals surface area contributed by atoms with Crippen LogP contribution in [-0.2, 0) is 6.54 Å². The van der Waals surface area contributed by atoms with E-state index >= 15 is 0 Å². The molecule has 1 atom stereocenters. The fourth-order valence-electron chi connectivity index (χ4n) is 2.10. The molecular weight excluding hydrogens is 283 g/mol. The zero-order valence-corrected chi connectivity index (χ0v) is 13.1. The van der Waals surface area contributed by atoms with Crippen LogP contribution in [-0.4, -0.2) is 18.5 Å². The summed E-state index contributed by atoms with van der Waals surface area (Å²) in [7, 11) is 2.06. The molecule has 0 saturated heterocycles. The van der Waals surface area contributed by atoms with Crippen molar-refractivity contribution in [1.82, 2.24) is 4.90 Å². The minimum atomic E-state index is -0.269. The summed E-state index contributed by atoms with van der Waals surface area (Å²) in [6.07, 6.45) is 0. The molecule has 0 radical (unpaired) electrons. The molecule has 1 aromatic carbocycles. The van der Waals surface area contributed by atoms with E-state index in [4.69, 9.17) is 5.73 Å². The van der Waals surface area contributed by atoms with Crippen molar-refractivity contribution in [3.8, 4) is 11.8 Å². The van der Waals surface area contributed by atoms with Gasteiger partial charge in [0.25, 0.3) is 0 Å². The van der Waals surface area contributed by atoms with Crippen molar-refractivity contribution in [1.29, 1.82) is 0 Å². The fourth-order valence-corrected chi connectivity index (χ4v) is 2.95. The highest BCUT2D eigenvalue weighted by atomic mass is 32.1. The lowest BCUT2D eigenvalue weighted by Gasteiger charge is -2.24. The number of hydrogen-bond acceptors (Lipinski definition) is 3. The van der Waals surface area contributed by atoms with Crippen molar-refractivity contribution in [2.24, 2.45) is 5.73 Å². The van der Waals surface area contributed by atoms with Crippen molar-refractivity contribution in [2.45, 2.75) is 19.5 Å². The van der Waals surface area contributed by atoms with E-state index in [0.29, 0.717) is 18.2 Å². The molecular formula is C17H19FN2S. The molecule has 0 bridgehead atoms. The quantitative estimate of drug-likeness (QED) is 0.877. The molecule has 0 aliphatic carbocycles. The lowest BCUT2D eigenvalue weighted by Crippen LogP contribution is -2.21. The molecule has 2 rings (SSSR count). The number of halogens is 1. The van der Waals surface area contributed by atoms with E-state index in [0.717, 1.165) is 5.56 Å². The lowest BCUT2D eigenvalue weighted by molar-refractivity contribution is 0.256. The predicted octanol–water partition coefficient (Wildman–Crippen LogP) is 3.39. The Morgan fingerprint density at radius 1 is 1.38 bits per heavy atom. The van der Waals surface area contributed by atoms with Crippen LogP contribution in [0.2, 0.25) is 0 Å². The molecule has 110 valence electrons. The molecule has 0 aliphatic heterocycles. The first-order valence-corrected chi connectivity index (χ1v) is 7.70. The van der Waals surface area contributed by atoms with Crippen molar-refractivity contribution in [3.63, 3.8) is 0 Å². The number of thiophene rings is 1. The van der Waals surface area contributed by atoms with E-state index in [1.165, 1.54) is 17.0 Å². The minimum absolute atomic E-state index is 0.269. The summed E-state index contributed by atoms with van der Waals surface area (Å²) >= 11 is 1.74. The number of hydrogen-bond donors (Lipinski definition) is 1. The van der Waals surface area contributed by atoms with Crippen LogP contribution in [0.4, 0.5) is 4.39 Å². The molecule has 0 aliphatic rings. The predicted molar refractivity (Wildman–Crippen MR) is 86.5 cm³/mol. The standard InChI is InChI=1S/C17H19FN2S/c1-13(17-6-4-10-21-17)20(2)12-15-7-8-16(18)11-14(15)5-3-9-19/h4,6-8,10-11,13H,9,12,19H2,1-2H3. The summed E-state index contributed by atoms with van der Waals surface area (Å²) in [4.78, 5) is 3.54. The molecule has 0 saturated carbocycles. The molecule has 1 unspecified atom stereocenters. The first-order chi connectivity index (χ1) is 10.1. The summed E-state index contributed by atoms with van der Waals surface area (Å²) in [5.74, 6) is 5.48. The van der Waals surface area contributed by atoms with E-state index < -0.39 is 0 Å². The van der Waals surface area contributed by atoms with Crippen molar-refractivity contribution in [2.75, 3.05) is 13.6 Å². The smallest absolute Gasteiger partial charge is 0.124 e. The lowest BCUT2D eigenvalue weighted by atomic mass is 10.1. The van der Waals surface area contributed by atoms with Gasteiger partial charge in [-0.05, 0) is 43.1 Å². The molecule has 1 aromatic heterocycles. The molecule has 4 heteroatoms. The third-order valence-corrected chi connectivity index (χ3v) is 4.48. The summed E-state index contributed by atoms with van der Waals surface area (Å²) in [6.45, 7) is 3.16. The van der Waals surface area contributed by atoms with Gasteiger partial charge in [-0.1, -0.05) is 24.0 Å². The Morgan fingerprint density at radius 2 is 2.19 bits per heavy atom. The second kappa shape index (κ2) is 7.37. The molecule has 2 N–H and O–H groups in total. The van der Waals surface area contributed by atoms with E-state index in [-0.39, 0.29) is 12.4 Å².